The fourth-order valence-corrected chi connectivity index (χ4v) is 1.84. The molecule has 1 amide bonds. The summed E-state index contributed by atoms with van der Waals surface area (Å²) in [5, 5.41) is 5.99. The number of hydrogen-bond acceptors (Lipinski definition) is 2. The van der Waals surface area contributed by atoms with Crippen LogP contribution in [0.15, 0.2) is 24.3 Å². The highest BCUT2D eigenvalue weighted by Gasteiger charge is 2.16. The van der Waals surface area contributed by atoms with E-state index >= 15 is 0 Å². The maximum Gasteiger partial charge on any atom is 0.236 e. The van der Waals surface area contributed by atoms with Crippen molar-refractivity contribution >= 4 is 5.91 Å². The molecular weight excluding hydrogens is 212 g/mol. The Morgan fingerprint density at radius 1 is 1.29 bits per heavy atom. The van der Waals surface area contributed by atoms with Crippen LogP contribution in [-0.2, 0) is 4.79 Å². The van der Waals surface area contributed by atoms with Crippen molar-refractivity contribution in [3.8, 4) is 0 Å². The highest BCUT2D eigenvalue weighted by Crippen LogP contribution is 2.17. The lowest BCUT2D eigenvalue weighted by Crippen LogP contribution is -2.42. The van der Waals surface area contributed by atoms with Gasteiger partial charge in [0.05, 0.1) is 6.04 Å². The Hall–Kier alpha value is -1.35. The van der Waals surface area contributed by atoms with E-state index in [9.17, 15) is 4.79 Å². The highest BCUT2D eigenvalue weighted by atomic mass is 16.2. The van der Waals surface area contributed by atoms with Gasteiger partial charge in [-0.15, -0.1) is 0 Å². The van der Waals surface area contributed by atoms with Crippen LogP contribution in [0.25, 0.3) is 0 Å². The second kappa shape index (κ2) is 6.40. The number of aryl methyl sites for hydroxylation is 1. The predicted molar refractivity (Wildman–Crippen MR) is 70.9 cm³/mol. The fourth-order valence-electron chi connectivity index (χ4n) is 1.84. The largest absolute Gasteiger partial charge is 0.358 e. The van der Waals surface area contributed by atoms with Crippen molar-refractivity contribution in [1.29, 1.82) is 0 Å². The lowest BCUT2D eigenvalue weighted by molar-refractivity contribution is -0.122. The molecular formula is C14H22N2O. The van der Waals surface area contributed by atoms with Crippen molar-refractivity contribution in [2.45, 2.75) is 39.3 Å². The summed E-state index contributed by atoms with van der Waals surface area (Å²) >= 11 is 0. The average Bonchev–Trinajstić information content (AvgIpc) is 2.35. The van der Waals surface area contributed by atoms with Gasteiger partial charge in [0.15, 0.2) is 0 Å². The maximum absolute atomic E-state index is 11.5. The lowest BCUT2D eigenvalue weighted by Gasteiger charge is -2.21. The second-order valence-corrected chi connectivity index (χ2v) is 4.37. The monoisotopic (exact) mass is 234 g/mol. The number of hydrogen-bond donors (Lipinski definition) is 2. The van der Waals surface area contributed by atoms with E-state index in [0.29, 0.717) is 0 Å². The zero-order chi connectivity index (χ0) is 12.8. The molecule has 1 rings (SSSR count). The summed E-state index contributed by atoms with van der Waals surface area (Å²) in [5.74, 6) is 0.0237. The van der Waals surface area contributed by atoms with Gasteiger partial charge in [-0.2, -0.15) is 0 Å². The molecule has 0 fully saturated rings. The summed E-state index contributed by atoms with van der Waals surface area (Å²) in [4.78, 5) is 11.5. The van der Waals surface area contributed by atoms with E-state index in [1.807, 2.05) is 6.92 Å². The number of likely N-dealkylation sites (N-methyl/N-ethyl adjacent to an activating group) is 1. The molecule has 0 saturated heterocycles. The first-order chi connectivity index (χ1) is 8.08. The third kappa shape index (κ3) is 3.86. The van der Waals surface area contributed by atoms with Crippen LogP contribution in [0.5, 0.6) is 0 Å². The van der Waals surface area contributed by atoms with Crippen LogP contribution in [0.3, 0.4) is 0 Å². The Kier molecular flexibility index (Phi) is 5.16. The molecule has 0 aromatic heterocycles. The van der Waals surface area contributed by atoms with Crippen molar-refractivity contribution in [2.75, 3.05) is 7.05 Å². The van der Waals surface area contributed by atoms with Gasteiger partial charge in [0, 0.05) is 13.1 Å². The first-order valence-electron chi connectivity index (χ1n) is 6.12. The molecule has 0 aliphatic rings. The highest BCUT2D eigenvalue weighted by molar-refractivity contribution is 5.80. The summed E-state index contributed by atoms with van der Waals surface area (Å²) in [5.41, 5.74) is 2.48. The molecule has 2 N–H and O–H groups in total. The normalized spacial score (nSPS) is 14.1. The van der Waals surface area contributed by atoms with Gasteiger partial charge >= 0.3 is 0 Å². The van der Waals surface area contributed by atoms with Crippen LogP contribution < -0.4 is 10.6 Å². The molecule has 0 spiro atoms. The molecule has 3 nitrogen and oxygen atoms in total. The van der Waals surface area contributed by atoms with Crippen molar-refractivity contribution < 1.29 is 4.79 Å². The number of carbonyl (C=O) groups excluding carboxylic acids is 1. The van der Waals surface area contributed by atoms with Crippen molar-refractivity contribution in [1.82, 2.24) is 10.6 Å². The predicted octanol–water partition coefficient (Wildman–Crippen LogP) is 2.17. The molecule has 0 bridgehead atoms. The van der Waals surface area contributed by atoms with Crippen LogP contribution in [0.2, 0.25) is 0 Å². The van der Waals surface area contributed by atoms with Gasteiger partial charge in [-0.05, 0) is 25.8 Å². The fraction of sp³-hybridized carbons (Fsp3) is 0.500. The van der Waals surface area contributed by atoms with Crippen LogP contribution in [0.4, 0.5) is 0 Å². The molecule has 94 valence electrons. The van der Waals surface area contributed by atoms with E-state index < -0.39 is 0 Å². The van der Waals surface area contributed by atoms with E-state index in [1.165, 1.54) is 11.1 Å². The summed E-state index contributed by atoms with van der Waals surface area (Å²) in [6, 6.07) is 8.49. The average molecular weight is 234 g/mol. The number of carbonyl (C=O) groups is 1. The minimum absolute atomic E-state index is 0.0237. The standard InChI is InChI=1S/C14H22N2O/c1-5-13(16-11(3)14(17)15-4)12-8-6-10(2)7-9-12/h6-9,11,13,16H,5H2,1-4H3,(H,15,17). The maximum atomic E-state index is 11.5. The molecule has 0 radical (unpaired) electrons. The van der Waals surface area contributed by atoms with Crippen LogP contribution in [-0.4, -0.2) is 19.0 Å². The SMILES string of the molecule is CCC(NC(C)C(=O)NC)c1ccc(C)cc1. The molecule has 2 unspecified atom stereocenters. The van der Waals surface area contributed by atoms with Gasteiger partial charge in [-0.3, -0.25) is 10.1 Å². The number of nitrogens with one attached hydrogen (secondary N) is 2. The molecule has 1 aromatic carbocycles. The topological polar surface area (TPSA) is 41.1 Å². The van der Waals surface area contributed by atoms with Gasteiger partial charge in [0.2, 0.25) is 5.91 Å². The quantitative estimate of drug-likeness (QED) is 0.820. The van der Waals surface area contributed by atoms with Crippen LogP contribution >= 0.6 is 0 Å². The van der Waals surface area contributed by atoms with Crippen molar-refractivity contribution in [3.05, 3.63) is 35.4 Å². The van der Waals surface area contributed by atoms with E-state index in [-0.39, 0.29) is 18.0 Å². The van der Waals surface area contributed by atoms with Crippen LogP contribution in [0.1, 0.15) is 37.4 Å². The van der Waals surface area contributed by atoms with Gasteiger partial charge in [-0.25, -0.2) is 0 Å². The minimum Gasteiger partial charge on any atom is -0.358 e. The molecule has 17 heavy (non-hydrogen) atoms. The summed E-state index contributed by atoms with van der Waals surface area (Å²) < 4.78 is 0. The first kappa shape index (κ1) is 13.7. The molecule has 3 heteroatoms. The van der Waals surface area contributed by atoms with Gasteiger partial charge in [0.25, 0.3) is 0 Å². The minimum atomic E-state index is -0.175. The lowest BCUT2D eigenvalue weighted by atomic mass is 10.0. The van der Waals surface area contributed by atoms with Crippen molar-refractivity contribution in [2.24, 2.45) is 0 Å². The first-order valence-corrected chi connectivity index (χ1v) is 6.12. The Morgan fingerprint density at radius 2 is 1.88 bits per heavy atom. The smallest absolute Gasteiger partial charge is 0.236 e. The van der Waals surface area contributed by atoms with E-state index in [1.54, 1.807) is 7.05 Å². The summed E-state index contributed by atoms with van der Waals surface area (Å²) in [6.07, 6.45) is 0.963. The number of rotatable bonds is 5. The summed E-state index contributed by atoms with van der Waals surface area (Å²) in [6.45, 7) is 6.08. The zero-order valence-corrected chi connectivity index (χ0v) is 11.1. The Morgan fingerprint density at radius 3 is 2.35 bits per heavy atom. The Labute approximate surface area is 104 Å². The number of benzene rings is 1. The van der Waals surface area contributed by atoms with Crippen molar-refractivity contribution in [3.63, 3.8) is 0 Å². The van der Waals surface area contributed by atoms with E-state index in [4.69, 9.17) is 0 Å². The Bertz CT molecular complexity index is 359. The van der Waals surface area contributed by atoms with Crippen LogP contribution in [0, 0.1) is 6.92 Å². The Balaban J connectivity index is 2.71. The molecule has 0 aliphatic heterocycles. The summed E-state index contributed by atoms with van der Waals surface area (Å²) in [7, 11) is 1.66. The van der Waals surface area contributed by atoms with E-state index in [0.717, 1.165) is 6.42 Å². The van der Waals surface area contributed by atoms with E-state index in [2.05, 4.69) is 48.7 Å². The molecule has 0 aliphatic carbocycles. The van der Waals surface area contributed by atoms with Gasteiger partial charge in [-0.1, -0.05) is 36.8 Å². The third-order valence-corrected chi connectivity index (χ3v) is 2.98. The zero-order valence-electron chi connectivity index (χ0n) is 11.1. The second-order valence-electron chi connectivity index (χ2n) is 4.37. The molecule has 1 aromatic rings. The molecule has 2 atom stereocenters. The van der Waals surface area contributed by atoms with Gasteiger partial charge in [0.1, 0.15) is 0 Å². The number of amides is 1. The van der Waals surface area contributed by atoms with Gasteiger partial charge < -0.3 is 5.32 Å². The third-order valence-electron chi connectivity index (χ3n) is 2.98. The molecule has 0 heterocycles. The molecule has 0 saturated carbocycles.